The molecule has 5 fully saturated rings. The highest BCUT2D eigenvalue weighted by Gasteiger charge is 2.79. The number of hydrogen-bond donors (Lipinski definition) is 2. The second-order valence-electron chi connectivity index (χ2n) is 11.9. The van der Waals surface area contributed by atoms with Gasteiger partial charge in [0.05, 0.1) is 17.8 Å². The highest BCUT2D eigenvalue weighted by molar-refractivity contribution is 5.24. The molecule has 0 amide bonds. The van der Waals surface area contributed by atoms with Gasteiger partial charge in [0.15, 0.2) is 11.9 Å². The lowest BCUT2D eigenvalue weighted by Crippen LogP contribution is -2.47. The molecule has 11 unspecified atom stereocenters. The summed E-state index contributed by atoms with van der Waals surface area (Å²) in [6.07, 6.45) is 9.26. The van der Waals surface area contributed by atoms with Crippen molar-refractivity contribution in [2.45, 2.75) is 109 Å². The standard InChI is InChI=1S/C25H40O4/c1-14(2)7-6-8-15(3)16-9-10-23(4)12-18-21-19(13-24(18,5)27)28-22(26)25(21)20(29-25)11-17(16)23/h7,15-22,26-27H,6,8-13H2,1-5H3. The van der Waals surface area contributed by atoms with Crippen molar-refractivity contribution in [1.82, 2.24) is 0 Å². The largest absolute Gasteiger partial charge is 0.390 e. The molecule has 3 saturated carbocycles. The molecule has 0 aromatic rings. The average Bonchev–Trinajstić information content (AvgIpc) is 3.03. The van der Waals surface area contributed by atoms with E-state index in [-0.39, 0.29) is 29.5 Å². The van der Waals surface area contributed by atoms with Crippen LogP contribution in [0.1, 0.15) is 79.6 Å². The van der Waals surface area contributed by atoms with Crippen molar-refractivity contribution in [1.29, 1.82) is 0 Å². The zero-order chi connectivity index (χ0) is 20.8. The molecular weight excluding hydrogens is 364 g/mol. The van der Waals surface area contributed by atoms with Crippen LogP contribution in [-0.4, -0.2) is 39.9 Å². The van der Waals surface area contributed by atoms with E-state index in [0.29, 0.717) is 24.2 Å². The maximum absolute atomic E-state index is 11.3. The summed E-state index contributed by atoms with van der Waals surface area (Å²) in [7, 11) is 0. The van der Waals surface area contributed by atoms with Gasteiger partial charge in [0.1, 0.15) is 0 Å². The molecule has 4 nitrogen and oxygen atoms in total. The summed E-state index contributed by atoms with van der Waals surface area (Å²) < 4.78 is 12.3. The Kier molecular flexibility index (Phi) is 4.62. The van der Waals surface area contributed by atoms with E-state index in [1.54, 1.807) is 0 Å². The Morgan fingerprint density at radius 2 is 1.97 bits per heavy atom. The first kappa shape index (κ1) is 20.5. The molecule has 3 aliphatic carbocycles. The lowest BCUT2D eigenvalue weighted by Gasteiger charge is -2.44. The van der Waals surface area contributed by atoms with Crippen molar-refractivity contribution < 1.29 is 19.7 Å². The van der Waals surface area contributed by atoms with E-state index in [9.17, 15) is 10.2 Å². The maximum atomic E-state index is 11.3. The summed E-state index contributed by atoms with van der Waals surface area (Å²) in [6, 6.07) is 0. The first-order chi connectivity index (χ1) is 13.6. The van der Waals surface area contributed by atoms with E-state index >= 15 is 0 Å². The minimum absolute atomic E-state index is 0.0599. The van der Waals surface area contributed by atoms with Crippen LogP contribution in [0.15, 0.2) is 11.6 Å². The number of ether oxygens (including phenoxy) is 2. The van der Waals surface area contributed by atoms with Gasteiger partial charge >= 0.3 is 0 Å². The minimum Gasteiger partial charge on any atom is -0.390 e. The topological polar surface area (TPSA) is 62.2 Å². The van der Waals surface area contributed by atoms with Crippen molar-refractivity contribution in [3.63, 3.8) is 0 Å². The van der Waals surface area contributed by atoms with Crippen LogP contribution in [0.2, 0.25) is 0 Å². The maximum Gasteiger partial charge on any atom is 0.187 e. The molecule has 0 aromatic carbocycles. The number of fused-ring (bicyclic) bond motifs is 1. The molecule has 164 valence electrons. The molecule has 0 bridgehead atoms. The van der Waals surface area contributed by atoms with Gasteiger partial charge in [-0.15, -0.1) is 0 Å². The predicted octanol–water partition coefficient (Wildman–Crippen LogP) is 4.44. The molecule has 5 aliphatic rings. The molecule has 2 N–H and O–H groups in total. The van der Waals surface area contributed by atoms with Gasteiger partial charge in [-0.05, 0) is 88.4 Å². The Morgan fingerprint density at radius 1 is 1.21 bits per heavy atom. The van der Waals surface area contributed by atoms with Crippen molar-refractivity contribution >= 4 is 0 Å². The molecule has 1 spiro atoms. The lowest BCUT2D eigenvalue weighted by molar-refractivity contribution is -0.131. The van der Waals surface area contributed by atoms with Crippen molar-refractivity contribution in [2.75, 3.05) is 0 Å². The Labute approximate surface area is 176 Å². The summed E-state index contributed by atoms with van der Waals surface area (Å²) >= 11 is 0. The fourth-order valence-corrected chi connectivity index (χ4v) is 8.18. The Morgan fingerprint density at radius 3 is 2.69 bits per heavy atom. The monoisotopic (exact) mass is 404 g/mol. The molecule has 11 atom stereocenters. The molecule has 2 saturated heterocycles. The van der Waals surface area contributed by atoms with Gasteiger partial charge in [-0.3, -0.25) is 0 Å². The van der Waals surface area contributed by atoms with Crippen molar-refractivity contribution in [2.24, 2.45) is 35.0 Å². The third-order valence-electron chi connectivity index (χ3n) is 9.77. The van der Waals surface area contributed by atoms with E-state index in [0.717, 1.165) is 12.8 Å². The molecule has 2 heterocycles. The number of epoxide rings is 1. The zero-order valence-electron chi connectivity index (χ0n) is 18.9. The second kappa shape index (κ2) is 6.54. The number of allylic oxidation sites excluding steroid dienone is 2. The summed E-state index contributed by atoms with van der Waals surface area (Å²) in [5, 5.41) is 22.0. The fraction of sp³-hybridized carbons (Fsp3) is 0.920. The predicted molar refractivity (Wildman–Crippen MR) is 112 cm³/mol. The SMILES string of the molecule is CC(C)=CCCC(C)C1CCC2(C)CC3C4C(CC3(C)O)OC(O)C43OC3CC12. The quantitative estimate of drug-likeness (QED) is 0.537. The highest BCUT2D eigenvalue weighted by atomic mass is 16.7. The first-order valence-electron chi connectivity index (χ1n) is 12.0. The Hall–Kier alpha value is -0.420. The van der Waals surface area contributed by atoms with Gasteiger partial charge in [-0.25, -0.2) is 0 Å². The van der Waals surface area contributed by atoms with Gasteiger partial charge in [-0.1, -0.05) is 25.5 Å². The normalized spacial score (nSPS) is 56.0. The molecule has 29 heavy (non-hydrogen) atoms. The number of aliphatic hydroxyl groups excluding tert-OH is 1. The smallest absolute Gasteiger partial charge is 0.187 e. The van der Waals surface area contributed by atoms with Gasteiger partial charge in [0, 0.05) is 12.3 Å². The number of hydrogen-bond acceptors (Lipinski definition) is 4. The van der Waals surface area contributed by atoms with Crippen LogP contribution in [0.25, 0.3) is 0 Å². The third-order valence-corrected chi connectivity index (χ3v) is 9.77. The second-order valence-corrected chi connectivity index (χ2v) is 11.9. The molecule has 5 rings (SSSR count). The van der Waals surface area contributed by atoms with Crippen LogP contribution in [0.3, 0.4) is 0 Å². The van der Waals surface area contributed by atoms with Crippen LogP contribution in [0, 0.1) is 35.0 Å². The fourth-order valence-electron chi connectivity index (χ4n) is 8.18. The molecule has 0 radical (unpaired) electrons. The van der Waals surface area contributed by atoms with Crippen LogP contribution in [0.5, 0.6) is 0 Å². The zero-order valence-corrected chi connectivity index (χ0v) is 18.9. The number of rotatable bonds is 4. The average molecular weight is 405 g/mol. The van der Waals surface area contributed by atoms with E-state index in [4.69, 9.17) is 9.47 Å². The Balaban J connectivity index is 1.42. The molecular formula is C25H40O4. The van der Waals surface area contributed by atoms with Gasteiger partial charge < -0.3 is 19.7 Å². The van der Waals surface area contributed by atoms with Gasteiger partial charge in [0.25, 0.3) is 0 Å². The van der Waals surface area contributed by atoms with Gasteiger partial charge in [-0.2, -0.15) is 0 Å². The Bertz CT molecular complexity index is 697. The summed E-state index contributed by atoms with van der Waals surface area (Å²) in [6.45, 7) is 11.3. The summed E-state index contributed by atoms with van der Waals surface area (Å²) in [5.74, 6) is 2.32. The molecule has 4 heteroatoms. The van der Waals surface area contributed by atoms with E-state index in [1.807, 2.05) is 6.92 Å². The van der Waals surface area contributed by atoms with Crippen LogP contribution < -0.4 is 0 Å². The lowest BCUT2D eigenvalue weighted by atomic mass is 9.60. The van der Waals surface area contributed by atoms with E-state index in [2.05, 4.69) is 33.8 Å². The van der Waals surface area contributed by atoms with Gasteiger partial charge in [0.2, 0.25) is 0 Å². The van der Waals surface area contributed by atoms with Crippen LogP contribution >= 0.6 is 0 Å². The van der Waals surface area contributed by atoms with Crippen molar-refractivity contribution in [3.05, 3.63) is 11.6 Å². The third kappa shape index (κ3) is 2.92. The highest BCUT2D eigenvalue weighted by Crippen LogP contribution is 2.69. The van der Waals surface area contributed by atoms with Crippen molar-refractivity contribution in [3.8, 4) is 0 Å². The summed E-state index contributed by atoms with van der Waals surface area (Å²) in [5.41, 5.74) is 0.393. The van der Waals surface area contributed by atoms with Crippen LogP contribution in [-0.2, 0) is 9.47 Å². The van der Waals surface area contributed by atoms with Crippen LogP contribution in [0.4, 0.5) is 0 Å². The minimum atomic E-state index is -0.819. The first-order valence-corrected chi connectivity index (χ1v) is 12.0. The van der Waals surface area contributed by atoms with E-state index < -0.39 is 17.5 Å². The molecule has 0 aromatic heterocycles. The number of aliphatic hydroxyl groups is 2. The summed E-state index contributed by atoms with van der Waals surface area (Å²) in [4.78, 5) is 0. The van der Waals surface area contributed by atoms with E-state index in [1.165, 1.54) is 31.3 Å². The molecule has 2 aliphatic heterocycles.